The first-order valence-corrected chi connectivity index (χ1v) is 10.9. The summed E-state index contributed by atoms with van der Waals surface area (Å²) in [5.41, 5.74) is 1.79. The average Bonchev–Trinajstić information content (AvgIpc) is 3.24. The van der Waals surface area contributed by atoms with Gasteiger partial charge in [0, 0.05) is 26.1 Å². The van der Waals surface area contributed by atoms with E-state index in [2.05, 4.69) is 4.98 Å². The van der Waals surface area contributed by atoms with E-state index in [0.717, 1.165) is 30.5 Å². The molecule has 32 heavy (non-hydrogen) atoms. The van der Waals surface area contributed by atoms with Crippen LogP contribution in [0.5, 0.6) is 0 Å². The first-order valence-electron chi connectivity index (χ1n) is 10.9. The van der Waals surface area contributed by atoms with E-state index in [1.165, 1.54) is 24.3 Å². The van der Waals surface area contributed by atoms with Crippen molar-refractivity contribution in [2.24, 2.45) is 0 Å². The normalized spacial score (nSPS) is 16.5. The fourth-order valence-corrected chi connectivity index (χ4v) is 4.13. The summed E-state index contributed by atoms with van der Waals surface area (Å²) in [5, 5.41) is 0. The molecule has 1 amide bonds. The summed E-state index contributed by atoms with van der Waals surface area (Å²) >= 11 is 0. The summed E-state index contributed by atoms with van der Waals surface area (Å²) in [4.78, 5) is 21.1. The molecule has 1 aliphatic rings. The molecule has 1 saturated heterocycles. The van der Waals surface area contributed by atoms with Crippen molar-refractivity contribution in [2.75, 3.05) is 26.7 Å². The van der Waals surface area contributed by atoms with Gasteiger partial charge in [0.05, 0.1) is 18.7 Å². The molecule has 4 rings (SSSR count). The first kappa shape index (κ1) is 22.1. The molecule has 5 nitrogen and oxygen atoms in total. The second-order valence-corrected chi connectivity index (χ2v) is 8.45. The molecule has 1 aliphatic heterocycles. The summed E-state index contributed by atoms with van der Waals surface area (Å²) < 4.78 is 32.4. The molecular weight excluding hydrogens is 412 g/mol. The lowest BCUT2D eigenvalue weighted by molar-refractivity contribution is -0.133. The lowest BCUT2D eigenvalue weighted by atomic mass is 9.98. The molecule has 7 heteroatoms. The monoisotopic (exact) mass is 439 g/mol. The molecule has 1 atom stereocenters. The summed E-state index contributed by atoms with van der Waals surface area (Å²) in [5.74, 6) is 0.898. The van der Waals surface area contributed by atoms with Gasteiger partial charge in [-0.2, -0.15) is 0 Å². The predicted molar refractivity (Wildman–Crippen MR) is 117 cm³/mol. The minimum atomic E-state index is -0.270. The molecule has 0 spiro atoms. The molecule has 0 N–H and O–H groups in total. The van der Waals surface area contributed by atoms with Crippen molar-refractivity contribution in [2.45, 2.75) is 31.7 Å². The third-order valence-corrected chi connectivity index (χ3v) is 5.73. The van der Waals surface area contributed by atoms with Crippen LogP contribution in [0.1, 0.15) is 41.5 Å². The number of nitrogens with zero attached hydrogens (tertiary/aromatic N) is 3. The van der Waals surface area contributed by atoms with Gasteiger partial charge in [-0.3, -0.25) is 9.69 Å². The van der Waals surface area contributed by atoms with Crippen LogP contribution in [0.25, 0.3) is 0 Å². The Hall–Kier alpha value is -3.06. The van der Waals surface area contributed by atoms with Crippen LogP contribution in [0.15, 0.2) is 59.1 Å². The second kappa shape index (κ2) is 10.0. The molecule has 0 aliphatic carbocycles. The molecule has 1 aromatic heterocycles. The average molecular weight is 440 g/mol. The third kappa shape index (κ3) is 5.79. The quantitative estimate of drug-likeness (QED) is 0.548. The van der Waals surface area contributed by atoms with Gasteiger partial charge < -0.3 is 9.32 Å². The van der Waals surface area contributed by atoms with Gasteiger partial charge in [0.2, 0.25) is 5.91 Å². The van der Waals surface area contributed by atoms with E-state index >= 15 is 0 Å². The SMILES string of the molecule is CN(CC(=O)N1CCC[C@@H](c2ncc(Cc3cccc(F)c3)o2)C1)Cc1ccc(F)cc1. The number of hydrogen-bond acceptors (Lipinski definition) is 4. The van der Waals surface area contributed by atoms with Crippen molar-refractivity contribution in [1.82, 2.24) is 14.8 Å². The van der Waals surface area contributed by atoms with E-state index in [1.54, 1.807) is 24.4 Å². The zero-order valence-corrected chi connectivity index (χ0v) is 18.1. The van der Waals surface area contributed by atoms with Crippen molar-refractivity contribution in [3.63, 3.8) is 0 Å². The van der Waals surface area contributed by atoms with Gasteiger partial charge in [0.1, 0.15) is 17.4 Å². The Bertz CT molecular complexity index is 1050. The fraction of sp³-hybridized carbons (Fsp3) is 0.360. The van der Waals surface area contributed by atoms with Crippen LogP contribution in [0.2, 0.25) is 0 Å². The van der Waals surface area contributed by atoms with Gasteiger partial charge >= 0.3 is 0 Å². The number of piperidine rings is 1. The number of hydrogen-bond donors (Lipinski definition) is 0. The van der Waals surface area contributed by atoms with E-state index < -0.39 is 0 Å². The number of amides is 1. The van der Waals surface area contributed by atoms with E-state index in [9.17, 15) is 13.6 Å². The zero-order valence-electron chi connectivity index (χ0n) is 18.1. The first-order chi connectivity index (χ1) is 15.5. The van der Waals surface area contributed by atoms with E-state index in [0.29, 0.717) is 37.7 Å². The van der Waals surface area contributed by atoms with Crippen molar-refractivity contribution in [3.8, 4) is 0 Å². The minimum absolute atomic E-state index is 0.0522. The smallest absolute Gasteiger partial charge is 0.236 e. The number of benzene rings is 2. The molecular formula is C25H27F2N3O2. The maximum absolute atomic E-state index is 13.4. The third-order valence-electron chi connectivity index (χ3n) is 5.73. The summed E-state index contributed by atoms with van der Waals surface area (Å²) in [6, 6.07) is 12.8. The number of carbonyl (C=O) groups is 1. The van der Waals surface area contributed by atoms with Gasteiger partial charge in [-0.25, -0.2) is 13.8 Å². The molecule has 0 unspecified atom stereocenters. The van der Waals surface area contributed by atoms with Crippen LogP contribution in [-0.2, 0) is 17.8 Å². The van der Waals surface area contributed by atoms with Crippen LogP contribution >= 0.6 is 0 Å². The van der Waals surface area contributed by atoms with Crippen LogP contribution in [0.4, 0.5) is 8.78 Å². The summed E-state index contributed by atoms with van der Waals surface area (Å²) in [6.07, 6.45) is 3.97. The maximum Gasteiger partial charge on any atom is 0.236 e. The fourth-order valence-electron chi connectivity index (χ4n) is 4.13. The molecule has 0 bridgehead atoms. The summed E-state index contributed by atoms with van der Waals surface area (Å²) in [7, 11) is 1.88. The van der Waals surface area contributed by atoms with Crippen LogP contribution in [0, 0.1) is 11.6 Å². The number of aromatic nitrogens is 1. The Labute approximate surface area is 186 Å². The molecule has 3 aromatic rings. The predicted octanol–water partition coefficient (Wildman–Crippen LogP) is 4.38. The molecule has 2 aromatic carbocycles. The summed E-state index contributed by atoms with van der Waals surface area (Å²) in [6.45, 7) is 2.16. The Balaban J connectivity index is 1.32. The maximum atomic E-state index is 13.4. The zero-order chi connectivity index (χ0) is 22.5. The number of rotatable bonds is 7. The van der Waals surface area contributed by atoms with Gasteiger partial charge in [0.25, 0.3) is 0 Å². The highest BCUT2D eigenvalue weighted by Gasteiger charge is 2.28. The van der Waals surface area contributed by atoms with E-state index in [4.69, 9.17) is 4.42 Å². The highest BCUT2D eigenvalue weighted by molar-refractivity contribution is 5.78. The molecule has 0 saturated carbocycles. The van der Waals surface area contributed by atoms with Gasteiger partial charge in [-0.15, -0.1) is 0 Å². The van der Waals surface area contributed by atoms with Gasteiger partial charge in [-0.05, 0) is 55.3 Å². The number of oxazole rings is 1. The van der Waals surface area contributed by atoms with Crippen LogP contribution < -0.4 is 0 Å². The Morgan fingerprint density at radius 3 is 2.75 bits per heavy atom. The van der Waals surface area contributed by atoms with E-state index in [-0.39, 0.29) is 23.5 Å². The van der Waals surface area contributed by atoms with Gasteiger partial charge in [-0.1, -0.05) is 24.3 Å². The number of carbonyl (C=O) groups excluding carboxylic acids is 1. The molecule has 2 heterocycles. The van der Waals surface area contributed by atoms with Crippen molar-refractivity contribution >= 4 is 5.91 Å². The molecule has 1 fully saturated rings. The lowest BCUT2D eigenvalue weighted by Crippen LogP contribution is -2.43. The molecule has 168 valence electrons. The van der Waals surface area contributed by atoms with Crippen molar-refractivity contribution in [3.05, 3.63) is 89.1 Å². The standard InChI is InChI=1S/C25H27F2N3O2/c1-29(15-18-7-9-21(26)10-8-18)17-24(31)30-11-3-5-20(16-30)25-28-14-23(32-25)13-19-4-2-6-22(27)12-19/h2,4,6-10,12,14,20H,3,5,11,13,15-17H2,1H3/t20-/m1/s1. The second-order valence-electron chi connectivity index (χ2n) is 8.45. The van der Waals surface area contributed by atoms with E-state index in [1.807, 2.05) is 22.9 Å². The van der Waals surface area contributed by atoms with Crippen molar-refractivity contribution < 1.29 is 18.0 Å². The Morgan fingerprint density at radius 1 is 1.16 bits per heavy atom. The lowest BCUT2D eigenvalue weighted by Gasteiger charge is -2.32. The largest absolute Gasteiger partial charge is 0.445 e. The topological polar surface area (TPSA) is 49.6 Å². The number of likely N-dealkylation sites (tertiary alicyclic amines) is 1. The Morgan fingerprint density at radius 2 is 1.97 bits per heavy atom. The highest BCUT2D eigenvalue weighted by Crippen LogP contribution is 2.27. The number of likely N-dealkylation sites (N-methyl/N-ethyl adjacent to an activating group) is 1. The van der Waals surface area contributed by atoms with Crippen LogP contribution in [0.3, 0.4) is 0 Å². The van der Waals surface area contributed by atoms with Crippen LogP contribution in [-0.4, -0.2) is 47.4 Å². The molecule has 0 radical (unpaired) electrons. The van der Waals surface area contributed by atoms with Gasteiger partial charge in [0.15, 0.2) is 5.89 Å². The van der Waals surface area contributed by atoms with Crippen molar-refractivity contribution in [1.29, 1.82) is 0 Å². The Kier molecular flexibility index (Phi) is 6.95. The minimum Gasteiger partial charge on any atom is -0.445 e. The highest BCUT2D eigenvalue weighted by atomic mass is 19.1. The number of halogens is 2.